The van der Waals surface area contributed by atoms with E-state index in [0.29, 0.717) is 0 Å². The normalized spacial score (nSPS) is 11.6. The Morgan fingerprint density at radius 3 is 1.36 bits per heavy atom. The van der Waals surface area contributed by atoms with E-state index in [2.05, 4.69) is 45.0 Å². The van der Waals surface area contributed by atoms with E-state index in [1.807, 2.05) is 72.8 Å². The lowest BCUT2D eigenvalue weighted by molar-refractivity contribution is 0.125. The van der Waals surface area contributed by atoms with E-state index in [-0.39, 0.29) is 0 Å². The predicted octanol–water partition coefficient (Wildman–Crippen LogP) is 5.82. The molecule has 28 heavy (non-hydrogen) atoms. The molecule has 142 valence electrons. The van der Waals surface area contributed by atoms with Gasteiger partial charge in [0.05, 0.1) is 0 Å². The van der Waals surface area contributed by atoms with Crippen molar-refractivity contribution < 1.29 is 5.11 Å². The van der Waals surface area contributed by atoms with E-state index in [1.54, 1.807) is 0 Å². The van der Waals surface area contributed by atoms with Gasteiger partial charge in [0.1, 0.15) is 13.7 Å². The molecule has 0 spiro atoms. The minimum Gasteiger partial charge on any atom is -0.376 e. The Labute approximate surface area is 170 Å². The van der Waals surface area contributed by atoms with Crippen molar-refractivity contribution in [3.05, 3.63) is 106 Å². The third-order valence-corrected chi connectivity index (χ3v) is 5.70. The average molecular weight is 385 g/mol. The van der Waals surface area contributed by atoms with Gasteiger partial charge >= 0.3 is 0 Å². The van der Waals surface area contributed by atoms with Gasteiger partial charge in [-0.25, -0.2) is 0 Å². The Balaban J connectivity index is 2.10. The fraction of sp³-hybridized carbons (Fsp3) is 0.231. The standard InChI is InChI=1S/C26H28OSi/c1-20-6-12-23(13-7-20)26(27,24-14-8-21(2)9-15-24)25-16-10-22(11-17-25)18-19-28(3,4)5/h6-17,27H,1-5H3. The zero-order valence-corrected chi connectivity index (χ0v) is 18.4. The van der Waals surface area contributed by atoms with Gasteiger partial charge in [-0.05, 0) is 42.7 Å². The lowest BCUT2D eigenvalue weighted by Crippen LogP contribution is -2.28. The van der Waals surface area contributed by atoms with Gasteiger partial charge in [-0.1, -0.05) is 97.4 Å². The highest BCUT2D eigenvalue weighted by atomic mass is 28.3. The molecule has 0 aliphatic rings. The van der Waals surface area contributed by atoms with Gasteiger partial charge in [0.2, 0.25) is 0 Å². The van der Waals surface area contributed by atoms with Crippen molar-refractivity contribution >= 4 is 8.07 Å². The van der Waals surface area contributed by atoms with E-state index < -0.39 is 13.7 Å². The van der Waals surface area contributed by atoms with Crippen molar-refractivity contribution in [2.75, 3.05) is 0 Å². The molecule has 0 atom stereocenters. The van der Waals surface area contributed by atoms with Crippen LogP contribution in [0.3, 0.4) is 0 Å². The third-order valence-electron chi connectivity index (χ3n) is 4.82. The minimum atomic E-state index is -1.42. The highest BCUT2D eigenvalue weighted by Crippen LogP contribution is 2.37. The Kier molecular flexibility index (Phi) is 5.61. The van der Waals surface area contributed by atoms with Crippen LogP contribution >= 0.6 is 0 Å². The van der Waals surface area contributed by atoms with Crippen molar-refractivity contribution in [1.29, 1.82) is 0 Å². The predicted molar refractivity (Wildman–Crippen MR) is 121 cm³/mol. The average Bonchev–Trinajstić information content (AvgIpc) is 2.67. The fourth-order valence-corrected chi connectivity index (χ4v) is 3.66. The van der Waals surface area contributed by atoms with Gasteiger partial charge in [-0.2, -0.15) is 0 Å². The molecule has 0 saturated carbocycles. The summed E-state index contributed by atoms with van der Waals surface area (Å²) in [5, 5.41) is 11.9. The SMILES string of the molecule is Cc1ccc(C(O)(c2ccc(C)cc2)c2ccc(C#C[Si](C)(C)C)cc2)cc1. The Morgan fingerprint density at radius 1 is 0.643 bits per heavy atom. The topological polar surface area (TPSA) is 20.2 Å². The maximum Gasteiger partial charge on any atom is 0.140 e. The van der Waals surface area contributed by atoms with Crippen molar-refractivity contribution in [1.82, 2.24) is 0 Å². The number of hydrogen-bond donors (Lipinski definition) is 1. The summed E-state index contributed by atoms with van der Waals surface area (Å²) in [6, 6.07) is 24.2. The smallest absolute Gasteiger partial charge is 0.140 e. The van der Waals surface area contributed by atoms with Crippen molar-refractivity contribution in [2.45, 2.75) is 39.1 Å². The molecule has 0 amide bonds. The van der Waals surface area contributed by atoms with Crippen molar-refractivity contribution in [3.8, 4) is 11.5 Å². The number of aryl methyl sites for hydroxylation is 2. The van der Waals surface area contributed by atoms with Crippen LogP contribution < -0.4 is 0 Å². The number of rotatable bonds is 3. The largest absolute Gasteiger partial charge is 0.376 e. The Morgan fingerprint density at radius 2 is 1.00 bits per heavy atom. The van der Waals surface area contributed by atoms with Crippen LogP contribution in [0, 0.1) is 25.3 Å². The van der Waals surface area contributed by atoms with Gasteiger partial charge in [-0.15, -0.1) is 5.54 Å². The summed E-state index contributed by atoms with van der Waals surface area (Å²) in [6.07, 6.45) is 0. The Hall–Kier alpha value is -2.60. The number of benzene rings is 3. The first kappa shape index (κ1) is 20.1. The summed E-state index contributed by atoms with van der Waals surface area (Å²) in [5.74, 6) is 3.29. The zero-order valence-electron chi connectivity index (χ0n) is 17.4. The third kappa shape index (κ3) is 4.44. The monoisotopic (exact) mass is 384 g/mol. The van der Waals surface area contributed by atoms with Gasteiger partial charge in [0.15, 0.2) is 0 Å². The van der Waals surface area contributed by atoms with Gasteiger partial charge in [0, 0.05) is 5.56 Å². The summed E-state index contributed by atoms with van der Waals surface area (Å²) in [5.41, 5.74) is 8.10. The molecular formula is C26H28OSi. The minimum absolute atomic E-state index is 0.846. The van der Waals surface area contributed by atoms with Gasteiger partial charge in [0.25, 0.3) is 0 Å². The second kappa shape index (κ2) is 7.79. The number of aliphatic hydroxyl groups is 1. The fourth-order valence-electron chi connectivity index (χ4n) is 3.14. The molecule has 1 N–H and O–H groups in total. The molecule has 0 aliphatic carbocycles. The second-order valence-electron chi connectivity index (χ2n) is 8.52. The Bertz CT molecular complexity index is 950. The second-order valence-corrected chi connectivity index (χ2v) is 13.3. The summed E-state index contributed by atoms with van der Waals surface area (Å²) < 4.78 is 0. The molecule has 0 heterocycles. The molecule has 3 aromatic rings. The first-order chi connectivity index (χ1) is 13.2. The molecule has 2 heteroatoms. The first-order valence-corrected chi connectivity index (χ1v) is 13.2. The van der Waals surface area contributed by atoms with Crippen LogP contribution in [-0.4, -0.2) is 13.2 Å². The maximum atomic E-state index is 11.9. The zero-order chi connectivity index (χ0) is 20.4. The molecule has 0 fully saturated rings. The van der Waals surface area contributed by atoms with Crippen LogP contribution in [0.2, 0.25) is 19.6 Å². The quantitative estimate of drug-likeness (QED) is 0.343. The van der Waals surface area contributed by atoms with E-state index in [4.69, 9.17) is 0 Å². The molecule has 0 saturated heterocycles. The van der Waals surface area contributed by atoms with E-state index >= 15 is 0 Å². The molecule has 3 rings (SSSR count). The van der Waals surface area contributed by atoms with Crippen LogP contribution in [0.25, 0.3) is 0 Å². The molecule has 0 aliphatic heterocycles. The van der Waals surface area contributed by atoms with Crippen LogP contribution in [0.4, 0.5) is 0 Å². The van der Waals surface area contributed by atoms with Crippen molar-refractivity contribution in [2.24, 2.45) is 0 Å². The van der Waals surface area contributed by atoms with Gasteiger partial charge < -0.3 is 5.11 Å². The van der Waals surface area contributed by atoms with Gasteiger partial charge in [-0.3, -0.25) is 0 Å². The molecule has 0 aromatic heterocycles. The van der Waals surface area contributed by atoms with E-state index in [1.165, 1.54) is 11.1 Å². The highest BCUT2D eigenvalue weighted by molar-refractivity contribution is 6.83. The van der Waals surface area contributed by atoms with Crippen molar-refractivity contribution in [3.63, 3.8) is 0 Å². The number of hydrogen-bond acceptors (Lipinski definition) is 1. The first-order valence-electron chi connectivity index (χ1n) is 9.69. The van der Waals surface area contributed by atoms with Crippen LogP contribution in [0.15, 0.2) is 72.8 Å². The van der Waals surface area contributed by atoms with E-state index in [9.17, 15) is 5.11 Å². The van der Waals surface area contributed by atoms with Crippen LogP contribution in [0.1, 0.15) is 33.4 Å². The lowest BCUT2D eigenvalue weighted by atomic mass is 9.80. The summed E-state index contributed by atoms with van der Waals surface area (Å²) in [4.78, 5) is 0. The van der Waals surface area contributed by atoms with Crippen LogP contribution in [-0.2, 0) is 5.60 Å². The lowest BCUT2D eigenvalue weighted by Gasteiger charge is -2.30. The summed E-state index contributed by atoms with van der Waals surface area (Å²) in [7, 11) is -1.42. The molecule has 3 aromatic carbocycles. The summed E-state index contributed by atoms with van der Waals surface area (Å²) >= 11 is 0. The van der Waals surface area contributed by atoms with E-state index in [0.717, 1.165) is 22.3 Å². The highest BCUT2D eigenvalue weighted by Gasteiger charge is 2.33. The molecule has 0 radical (unpaired) electrons. The maximum absolute atomic E-state index is 11.9. The molecular weight excluding hydrogens is 356 g/mol. The molecule has 0 bridgehead atoms. The molecule has 0 unspecified atom stereocenters. The van der Waals surface area contributed by atoms with Crippen LogP contribution in [0.5, 0.6) is 0 Å². The molecule has 1 nitrogen and oxygen atoms in total. The summed E-state index contributed by atoms with van der Waals surface area (Å²) in [6.45, 7) is 10.8.